The molecule has 0 amide bonds. The second kappa shape index (κ2) is 7.75. The number of hydrogen-bond donors (Lipinski definition) is 1. The van der Waals surface area contributed by atoms with Crippen molar-refractivity contribution in [1.29, 1.82) is 0 Å². The molecular weight excluding hydrogens is 376 g/mol. The number of benzene rings is 2. The Balaban J connectivity index is 2.01. The van der Waals surface area contributed by atoms with Crippen molar-refractivity contribution in [2.24, 2.45) is 0 Å². The molecule has 0 aliphatic carbocycles. The number of methoxy groups -OCH3 is 1. The summed E-state index contributed by atoms with van der Waals surface area (Å²) in [6.07, 6.45) is 1.05. The predicted molar refractivity (Wildman–Crippen MR) is 100.0 cm³/mol. The molecule has 0 saturated carbocycles. The first-order chi connectivity index (χ1) is 12.9. The van der Waals surface area contributed by atoms with Crippen LogP contribution in [0.5, 0.6) is 5.75 Å². The van der Waals surface area contributed by atoms with E-state index in [0.717, 1.165) is 11.8 Å². The molecule has 0 spiro atoms. The number of aromatic nitrogens is 2. The Morgan fingerprint density at radius 1 is 1.19 bits per heavy atom. The summed E-state index contributed by atoms with van der Waals surface area (Å²) in [4.78, 5) is 15.5. The van der Waals surface area contributed by atoms with Crippen LogP contribution in [0.2, 0.25) is 5.02 Å². The van der Waals surface area contributed by atoms with Gasteiger partial charge in [0, 0.05) is 18.0 Å². The van der Waals surface area contributed by atoms with E-state index in [-0.39, 0.29) is 17.5 Å². The summed E-state index contributed by atoms with van der Waals surface area (Å²) in [5.74, 6) is -0.784. The quantitative estimate of drug-likeness (QED) is 0.705. The summed E-state index contributed by atoms with van der Waals surface area (Å²) in [6.45, 7) is 2.00. The molecule has 0 aliphatic heterocycles. The van der Waals surface area contributed by atoms with Gasteiger partial charge in [-0.25, -0.2) is 4.39 Å². The van der Waals surface area contributed by atoms with E-state index in [0.29, 0.717) is 17.0 Å². The molecule has 0 fully saturated rings. The molecular formula is C19H16ClF2N3O2. The zero-order valence-electron chi connectivity index (χ0n) is 14.6. The summed E-state index contributed by atoms with van der Waals surface area (Å²) in [7, 11) is 1.54. The number of halogens is 3. The van der Waals surface area contributed by atoms with E-state index < -0.39 is 17.2 Å². The largest absolute Gasteiger partial charge is 0.497 e. The molecule has 1 heterocycles. The number of anilines is 2. The fourth-order valence-electron chi connectivity index (χ4n) is 2.51. The van der Waals surface area contributed by atoms with Crippen LogP contribution in [0.1, 0.15) is 11.1 Å². The molecule has 27 heavy (non-hydrogen) atoms. The lowest BCUT2D eigenvalue weighted by atomic mass is 10.2. The molecule has 0 saturated heterocycles. The van der Waals surface area contributed by atoms with E-state index in [2.05, 4.69) is 10.3 Å². The van der Waals surface area contributed by atoms with Gasteiger partial charge in [0.1, 0.15) is 11.6 Å². The topological polar surface area (TPSA) is 56.1 Å². The average Bonchev–Trinajstić information content (AvgIpc) is 2.64. The standard InChI is InChI=1S/C19H16ClF2N3O2/c1-11-3-5-13(27-2)8-17(11)23-19-24-18(26)16(22)10-25(19)9-12-4-6-15(21)14(20)7-12/h3-8,10H,9H2,1-2H3,(H,23,24,26). The van der Waals surface area contributed by atoms with Crippen LogP contribution in [0.15, 0.2) is 47.4 Å². The van der Waals surface area contributed by atoms with E-state index >= 15 is 0 Å². The average molecular weight is 392 g/mol. The van der Waals surface area contributed by atoms with Crippen molar-refractivity contribution >= 4 is 23.2 Å². The van der Waals surface area contributed by atoms with E-state index in [4.69, 9.17) is 16.3 Å². The van der Waals surface area contributed by atoms with Crippen LogP contribution in [-0.2, 0) is 6.54 Å². The molecule has 140 valence electrons. The van der Waals surface area contributed by atoms with Gasteiger partial charge in [0.15, 0.2) is 0 Å². The second-order valence-electron chi connectivity index (χ2n) is 5.90. The molecule has 0 bridgehead atoms. The van der Waals surface area contributed by atoms with E-state index in [9.17, 15) is 13.6 Å². The van der Waals surface area contributed by atoms with Crippen molar-refractivity contribution in [3.63, 3.8) is 0 Å². The van der Waals surface area contributed by atoms with Gasteiger partial charge in [-0.15, -0.1) is 0 Å². The van der Waals surface area contributed by atoms with Gasteiger partial charge in [-0.3, -0.25) is 4.79 Å². The van der Waals surface area contributed by atoms with Crippen molar-refractivity contribution in [2.45, 2.75) is 13.5 Å². The molecule has 5 nitrogen and oxygen atoms in total. The van der Waals surface area contributed by atoms with Gasteiger partial charge in [0.25, 0.3) is 0 Å². The number of nitrogens with zero attached hydrogens (tertiary/aromatic N) is 2. The third-order valence-corrected chi connectivity index (χ3v) is 4.27. The monoisotopic (exact) mass is 391 g/mol. The van der Waals surface area contributed by atoms with Gasteiger partial charge in [-0.05, 0) is 36.2 Å². The number of hydrogen-bond acceptors (Lipinski definition) is 4. The fourth-order valence-corrected chi connectivity index (χ4v) is 2.71. The maximum atomic E-state index is 13.8. The molecule has 1 N–H and O–H groups in total. The smallest absolute Gasteiger partial charge is 0.310 e. The highest BCUT2D eigenvalue weighted by Gasteiger charge is 2.12. The fraction of sp³-hybridized carbons (Fsp3) is 0.158. The van der Waals surface area contributed by atoms with Crippen molar-refractivity contribution in [3.8, 4) is 5.75 Å². The lowest BCUT2D eigenvalue weighted by Crippen LogP contribution is -2.20. The predicted octanol–water partition coefficient (Wildman–Crippen LogP) is 4.28. The third-order valence-electron chi connectivity index (χ3n) is 3.98. The van der Waals surface area contributed by atoms with Gasteiger partial charge in [-0.1, -0.05) is 23.7 Å². The summed E-state index contributed by atoms with van der Waals surface area (Å²) in [5.41, 5.74) is 1.17. The van der Waals surface area contributed by atoms with Crippen LogP contribution in [0.4, 0.5) is 20.4 Å². The second-order valence-corrected chi connectivity index (χ2v) is 6.31. The first kappa shape index (κ1) is 18.8. The first-order valence-electron chi connectivity index (χ1n) is 8.00. The normalized spacial score (nSPS) is 10.7. The molecule has 3 aromatic rings. The summed E-state index contributed by atoms with van der Waals surface area (Å²) >= 11 is 5.81. The van der Waals surface area contributed by atoms with E-state index in [1.807, 2.05) is 13.0 Å². The minimum Gasteiger partial charge on any atom is -0.497 e. The Morgan fingerprint density at radius 3 is 2.67 bits per heavy atom. The third kappa shape index (κ3) is 4.25. The minimum absolute atomic E-state index is 0.0416. The van der Waals surface area contributed by atoms with Crippen LogP contribution < -0.4 is 15.6 Å². The summed E-state index contributed by atoms with van der Waals surface area (Å²) in [5, 5.41) is 2.99. The lowest BCUT2D eigenvalue weighted by molar-refractivity contribution is 0.415. The van der Waals surface area contributed by atoms with E-state index in [1.54, 1.807) is 19.2 Å². The van der Waals surface area contributed by atoms with Gasteiger partial charge < -0.3 is 14.6 Å². The molecule has 2 aromatic carbocycles. The van der Waals surface area contributed by atoms with Gasteiger partial charge in [0.05, 0.1) is 18.7 Å². The molecule has 8 heteroatoms. The molecule has 3 rings (SSSR count). The number of aryl methyl sites for hydroxylation is 1. The van der Waals surface area contributed by atoms with Crippen molar-refractivity contribution in [1.82, 2.24) is 9.55 Å². The molecule has 0 aliphatic rings. The van der Waals surface area contributed by atoms with Crippen LogP contribution in [-0.4, -0.2) is 16.7 Å². The van der Waals surface area contributed by atoms with Gasteiger partial charge in [0.2, 0.25) is 11.8 Å². The Kier molecular flexibility index (Phi) is 5.41. The zero-order valence-corrected chi connectivity index (χ0v) is 15.3. The minimum atomic E-state index is -0.990. The van der Waals surface area contributed by atoms with Crippen LogP contribution >= 0.6 is 11.6 Å². The van der Waals surface area contributed by atoms with Crippen molar-refractivity contribution < 1.29 is 13.5 Å². The summed E-state index contributed by atoms with van der Waals surface area (Å²) < 4.78 is 33.8. The number of ether oxygens (including phenoxy) is 1. The summed E-state index contributed by atoms with van der Waals surface area (Å²) in [6, 6.07) is 9.57. The highest BCUT2D eigenvalue weighted by Crippen LogP contribution is 2.25. The Hall–Kier alpha value is -2.93. The molecule has 0 radical (unpaired) electrons. The SMILES string of the molecule is COc1ccc(C)c(Nc2nc(=O)c(F)cn2Cc2ccc(F)c(Cl)c2)c1. The number of nitrogens with one attached hydrogen (secondary N) is 1. The Labute approximate surface area is 159 Å². The van der Waals surface area contributed by atoms with Crippen molar-refractivity contribution in [2.75, 3.05) is 12.4 Å². The van der Waals surface area contributed by atoms with E-state index in [1.165, 1.54) is 22.8 Å². The number of rotatable bonds is 5. The first-order valence-corrected chi connectivity index (χ1v) is 8.37. The Morgan fingerprint density at radius 2 is 1.96 bits per heavy atom. The van der Waals surface area contributed by atoms with Crippen molar-refractivity contribution in [3.05, 3.63) is 80.7 Å². The van der Waals surface area contributed by atoms with Crippen LogP contribution in [0.3, 0.4) is 0 Å². The van der Waals surface area contributed by atoms with Crippen LogP contribution in [0, 0.1) is 18.6 Å². The lowest BCUT2D eigenvalue weighted by Gasteiger charge is -2.16. The highest BCUT2D eigenvalue weighted by molar-refractivity contribution is 6.30. The Bertz CT molecular complexity index is 1050. The molecule has 0 unspecified atom stereocenters. The van der Waals surface area contributed by atoms with Gasteiger partial charge in [-0.2, -0.15) is 9.37 Å². The van der Waals surface area contributed by atoms with Crippen LogP contribution in [0.25, 0.3) is 0 Å². The molecule has 0 atom stereocenters. The zero-order chi connectivity index (χ0) is 19.6. The maximum absolute atomic E-state index is 13.8. The highest BCUT2D eigenvalue weighted by atomic mass is 35.5. The molecule has 1 aromatic heterocycles. The van der Waals surface area contributed by atoms with Gasteiger partial charge >= 0.3 is 5.56 Å². The maximum Gasteiger partial charge on any atom is 0.310 e.